The SMILES string of the molecule is CC(C(=O)O)=C(CC(C)C)C1CCCCC1. The van der Waals surface area contributed by atoms with Crippen LogP contribution in [0.25, 0.3) is 0 Å². The summed E-state index contributed by atoms with van der Waals surface area (Å²) in [5.74, 6) is 0.347. The lowest BCUT2D eigenvalue weighted by molar-refractivity contribution is -0.132. The second-order valence-corrected chi connectivity index (χ2v) is 5.39. The molecule has 1 aliphatic rings. The van der Waals surface area contributed by atoms with E-state index in [1.165, 1.54) is 37.7 Å². The van der Waals surface area contributed by atoms with Gasteiger partial charge in [-0.2, -0.15) is 0 Å². The summed E-state index contributed by atoms with van der Waals surface area (Å²) in [6.45, 7) is 6.10. The molecule has 0 amide bonds. The molecule has 1 rings (SSSR count). The monoisotopic (exact) mass is 224 g/mol. The lowest BCUT2D eigenvalue weighted by Gasteiger charge is -2.26. The van der Waals surface area contributed by atoms with Gasteiger partial charge in [0.1, 0.15) is 0 Å². The maximum Gasteiger partial charge on any atom is 0.331 e. The van der Waals surface area contributed by atoms with Gasteiger partial charge in [0.25, 0.3) is 0 Å². The van der Waals surface area contributed by atoms with E-state index in [-0.39, 0.29) is 0 Å². The molecule has 0 atom stereocenters. The summed E-state index contributed by atoms with van der Waals surface area (Å²) in [6.07, 6.45) is 7.16. The van der Waals surface area contributed by atoms with Gasteiger partial charge in [-0.1, -0.05) is 38.7 Å². The third kappa shape index (κ3) is 3.66. The molecule has 16 heavy (non-hydrogen) atoms. The first-order valence-corrected chi connectivity index (χ1v) is 6.45. The van der Waals surface area contributed by atoms with E-state index in [0.717, 1.165) is 6.42 Å². The molecule has 0 saturated heterocycles. The lowest BCUT2D eigenvalue weighted by Crippen LogP contribution is -2.15. The van der Waals surface area contributed by atoms with Crippen LogP contribution in [0, 0.1) is 11.8 Å². The molecular weight excluding hydrogens is 200 g/mol. The first-order valence-electron chi connectivity index (χ1n) is 6.45. The number of hydrogen-bond acceptors (Lipinski definition) is 1. The minimum absolute atomic E-state index is 0.534. The van der Waals surface area contributed by atoms with Crippen LogP contribution in [0.3, 0.4) is 0 Å². The van der Waals surface area contributed by atoms with Crippen LogP contribution in [0.15, 0.2) is 11.1 Å². The average molecular weight is 224 g/mol. The first-order chi connectivity index (χ1) is 7.52. The van der Waals surface area contributed by atoms with Crippen molar-refractivity contribution in [2.75, 3.05) is 0 Å². The van der Waals surface area contributed by atoms with Crippen molar-refractivity contribution in [2.24, 2.45) is 11.8 Å². The molecule has 1 fully saturated rings. The third-order valence-corrected chi connectivity index (χ3v) is 3.53. The van der Waals surface area contributed by atoms with Crippen molar-refractivity contribution in [1.82, 2.24) is 0 Å². The standard InChI is InChI=1S/C14H24O2/c1-10(2)9-13(11(3)14(15)16)12-7-5-4-6-8-12/h10,12H,4-9H2,1-3H3,(H,15,16). The lowest BCUT2D eigenvalue weighted by atomic mass is 9.79. The number of hydrogen-bond donors (Lipinski definition) is 1. The number of carboxylic acids is 1. The van der Waals surface area contributed by atoms with Crippen LogP contribution in [0.4, 0.5) is 0 Å². The molecule has 0 radical (unpaired) electrons. The Morgan fingerprint density at radius 1 is 1.25 bits per heavy atom. The number of carboxylic acid groups (broad SMARTS) is 1. The Morgan fingerprint density at radius 2 is 1.81 bits per heavy atom. The molecule has 1 saturated carbocycles. The Kier molecular flexibility index (Phi) is 5.04. The van der Waals surface area contributed by atoms with Crippen molar-refractivity contribution in [3.63, 3.8) is 0 Å². The topological polar surface area (TPSA) is 37.3 Å². The molecule has 1 aliphatic carbocycles. The number of rotatable bonds is 4. The van der Waals surface area contributed by atoms with E-state index in [4.69, 9.17) is 5.11 Å². The first kappa shape index (κ1) is 13.3. The minimum Gasteiger partial charge on any atom is -0.478 e. The summed E-state index contributed by atoms with van der Waals surface area (Å²) in [6, 6.07) is 0. The van der Waals surface area contributed by atoms with Crippen molar-refractivity contribution in [3.8, 4) is 0 Å². The second-order valence-electron chi connectivity index (χ2n) is 5.39. The molecule has 0 aromatic heterocycles. The third-order valence-electron chi connectivity index (χ3n) is 3.53. The predicted molar refractivity (Wildman–Crippen MR) is 66.4 cm³/mol. The fourth-order valence-electron chi connectivity index (χ4n) is 2.65. The highest BCUT2D eigenvalue weighted by molar-refractivity contribution is 5.86. The van der Waals surface area contributed by atoms with Crippen LogP contribution in [-0.4, -0.2) is 11.1 Å². The van der Waals surface area contributed by atoms with E-state index >= 15 is 0 Å². The molecule has 0 bridgehead atoms. The van der Waals surface area contributed by atoms with E-state index < -0.39 is 5.97 Å². The number of allylic oxidation sites excluding steroid dienone is 1. The zero-order valence-corrected chi connectivity index (χ0v) is 10.8. The highest BCUT2D eigenvalue weighted by atomic mass is 16.4. The van der Waals surface area contributed by atoms with Crippen LogP contribution in [0.2, 0.25) is 0 Å². The van der Waals surface area contributed by atoms with E-state index in [0.29, 0.717) is 17.4 Å². The van der Waals surface area contributed by atoms with Gasteiger partial charge in [0.15, 0.2) is 0 Å². The van der Waals surface area contributed by atoms with E-state index in [1.54, 1.807) is 6.92 Å². The van der Waals surface area contributed by atoms with E-state index in [1.807, 2.05) is 0 Å². The number of carbonyl (C=O) groups is 1. The van der Waals surface area contributed by atoms with Crippen LogP contribution < -0.4 is 0 Å². The average Bonchev–Trinajstić information content (AvgIpc) is 2.26. The Balaban J connectivity index is 2.85. The van der Waals surface area contributed by atoms with Crippen LogP contribution in [-0.2, 0) is 4.79 Å². The second kappa shape index (κ2) is 6.07. The van der Waals surface area contributed by atoms with Gasteiger partial charge >= 0.3 is 5.97 Å². The van der Waals surface area contributed by atoms with Gasteiger partial charge in [0.05, 0.1) is 0 Å². The molecule has 0 aromatic carbocycles. The van der Waals surface area contributed by atoms with Crippen molar-refractivity contribution >= 4 is 5.97 Å². The molecule has 0 heterocycles. The predicted octanol–water partition coefficient (Wildman–Crippen LogP) is 4.01. The zero-order chi connectivity index (χ0) is 12.1. The van der Waals surface area contributed by atoms with Gasteiger partial charge in [-0.3, -0.25) is 0 Å². The molecule has 2 nitrogen and oxygen atoms in total. The van der Waals surface area contributed by atoms with Gasteiger partial charge in [-0.25, -0.2) is 4.79 Å². The quantitative estimate of drug-likeness (QED) is 0.732. The summed E-state index contributed by atoms with van der Waals surface area (Å²) >= 11 is 0. The highest BCUT2D eigenvalue weighted by Gasteiger charge is 2.22. The normalized spacial score (nSPS) is 19.8. The van der Waals surface area contributed by atoms with Gasteiger partial charge < -0.3 is 5.11 Å². The Labute approximate surface area is 98.7 Å². The Bertz CT molecular complexity index is 270. The van der Waals surface area contributed by atoms with Crippen LogP contribution >= 0.6 is 0 Å². The van der Waals surface area contributed by atoms with Crippen LogP contribution in [0.5, 0.6) is 0 Å². The summed E-state index contributed by atoms with van der Waals surface area (Å²) in [5.41, 5.74) is 1.81. The molecule has 2 heteroatoms. The molecule has 0 spiro atoms. The van der Waals surface area contributed by atoms with Crippen molar-refractivity contribution in [2.45, 2.75) is 59.3 Å². The minimum atomic E-state index is -0.735. The van der Waals surface area contributed by atoms with Gasteiger partial charge in [-0.15, -0.1) is 0 Å². The fraction of sp³-hybridized carbons (Fsp3) is 0.786. The summed E-state index contributed by atoms with van der Waals surface area (Å²) in [5, 5.41) is 9.14. The van der Waals surface area contributed by atoms with Gasteiger partial charge in [0, 0.05) is 5.57 Å². The van der Waals surface area contributed by atoms with Crippen LogP contribution in [0.1, 0.15) is 59.3 Å². The smallest absolute Gasteiger partial charge is 0.331 e. The summed E-state index contributed by atoms with van der Waals surface area (Å²) < 4.78 is 0. The van der Waals surface area contributed by atoms with Gasteiger partial charge in [-0.05, 0) is 38.0 Å². The molecule has 0 unspecified atom stereocenters. The number of aliphatic carboxylic acids is 1. The van der Waals surface area contributed by atoms with Gasteiger partial charge in [0.2, 0.25) is 0 Å². The largest absolute Gasteiger partial charge is 0.478 e. The Hall–Kier alpha value is -0.790. The van der Waals surface area contributed by atoms with Crippen molar-refractivity contribution < 1.29 is 9.90 Å². The summed E-state index contributed by atoms with van der Waals surface area (Å²) in [7, 11) is 0. The van der Waals surface area contributed by atoms with E-state index in [9.17, 15) is 4.79 Å². The maximum absolute atomic E-state index is 11.1. The molecule has 92 valence electrons. The fourth-order valence-corrected chi connectivity index (χ4v) is 2.65. The molecule has 0 aliphatic heterocycles. The summed E-state index contributed by atoms with van der Waals surface area (Å²) in [4.78, 5) is 11.1. The highest BCUT2D eigenvalue weighted by Crippen LogP contribution is 2.34. The molecular formula is C14H24O2. The maximum atomic E-state index is 11.1. The van der Waals surface area contributed by atoms with Crippen molar-refractivity contribution in [3.05, 3.63) is 11.1 Å². The molecule has 0 aromatic rings. The zero-order valence-electron chi connectivity index (χ0n) is 10.8. The van der Waals surface area contributed by atoms with E-state index in [2.05, 4.69) is 13.8 Å². The molecule has 1 N–H and O–H groups in total. The van der Waals surface area contributed by atoms with Crippen molar-refractivity contribution in [1.29, 1.82) is 0 Å². The Morgan fingerprint density at radius 3 is 2.25 bits per heavy atom.